The van der Waals surface area contributed by atoms with Crippen molar-refractivity contribution in [2.45, 2.75) is 24.3 Å². The van der Waals surface area contributed by atoms with Crippen LogP contribution >= 0.6 is 11.8 Å². The van der Waals surface area contributed by atoms with Gasteiger partial charge in [-0.25, -0.2) is 4.39 Å². The molecule has 0 fully saturated rings. The van der Waals surface area contributed by atoms with Crippen LogP contribution in [0.25, 0.3) is 17.1 Å². The summed E-state index contributed by atoms with van der Waals surface area (Å²) in [5.41, 5.74) is 2.33. The molecular weight excluding hydrogens is 323 g/mol. The molecule has 1 heterocycles. The Hall–Kier alpha value is -2.65. The molecule has 6 heteroatoms. The molecule has 0 saturated heterocycles. The van der Waals surface area contributed by atoms with Gasteiger partial charge in [0.15, 0.2) is 11.0 Å². The van der Waals surface area contributed by atoms with E-state index < -0.39 is 0 Å². The van der Waals surface area contributed by atoms with Crippen molar-refractivity contribution >= 4 is 11.8 Å². The zero-order chi connectivity index (χ0) is 17.1. The molecule has 0 saturated carbocycles. The first-order valence-electron chi connectivity index (χ1n) is 7.44. The van der Waals surface area contributed by atoms with Crippen LogP contribution in [0.15, 0.2) is 53.7 Å². The molecule has 0 amide bonds. The first-order valence-corrected chi connectivity index (χ1v) is 8.31. The lowest BCUT2D eigenvalue weighted by Crippen LogP contribution is -2.02. The topological polar surface area (TPSA) is 54.5 Å². The average Bonchev–Trinajstić information content (AvgIpc) is 2.99. The molecular formula is C18H15FN4S. The Balaban J connectivity index is 2.18. The molecule has 0 spiro atoms. The molecule has 4 nitrogen and oxygen atoms in total. The zero-order valence-electron chi connectivity index (χ0n) is 13.3. The standard InChI is InChI=1S/C18H15FN4S/c1-12-7-9-14(10-8-12)23-17(15-5-3-4-6-16(15)19)21-22-18(23)24-13(2)11-20/h3-10,13H,1-2H3. The van der Waals surface area contributed by atoms with Crippen molar-refractivity contribution in [3.63, 3.8) is 0 Å². The zero-order valence-corrected chi connectivity index (χ0v) is 14.1. The van der Waals surface area contributed by atoms with Crippen molar-refractivity contribution in [3.8, 4) is 23.1 Å². The van der Waals surface area contributed by atoms with Gasteiger partial charge in [-0.1, -0.05) is 41.6 Å². The maximum atomic E-state index is 14.2. The summed E-state index contributed by atoms with van der Waals surface area (Å²) in [6.45, 7) is 3.79. The molecule has 2 aromatic carbocycles. The maximum Gasteiger partial charge on any atom is 0.197 e. The SMILES string of the molecule is Cc1ccc(-n2c(SC(C)C#N)nnc2-c2ccccc2F)cc1. The number of aryl methyl sites for hydroxylation is 1. The second-order valence-corrected chi connectivity index (χ2v) is 6.65. The number of thioether (sulfide) groups is 1. The quantitative estimate of drug-likeness (QED) is 0.662. The Kier molecular flexibility index (Phi) is 4.63. The maximum absolute atomic E-state index is 14.2. The van der Waals surface area contributed by atoms with Crippen molar-refractivity contribution < 1.29 is 4.39 Å². The number of nitrogens with zero attached hydrogens (tertiary/aromatic N) is 4. The highest BCUT2D eigenvalue weighted by atomic mass is 32.2. The first kappa shape index (κ1) is 16.2. The smallest absolute Gasteiger partial charge is 0.197 e. The number of hydrogen-bond donors (Lipinski definition) is 0. The van der Waals surface area contributed by atoms with Gasteiger partial charge in [0, 0.05) is 5.69 Å². The minimum atomic E-state index is -0.358. The third kappa shape index (κ3) is 3.17. The Morgan fingerprint density at radius 1 is 1.12 bits per heavy atom. The molecule has 0 aliphatic carbocycles. The molecule has 1 aromatic heterocycles. The predicted molar refractivity (Wildman–Crippen MR) is 92.4 cm³/mol. The summed E-state index contributed by atoms with van der Waals surface area (Å²) in [5.74, 6) is 0.0627. The number of halogens is 1. The Bertz CT molecular complexity index is 896. The highest BCUT2D eigenvalue weighted by Gasteiger charge is 2.20. The van der Waals surface area contributed by atoms with Crippen molar-refractivity contribution in [3.05, 3.63) is 59.9 Å². The lowest BCUT2D eigenvalue weighted by atomic mass is 10.2. The lowest BCUT2D eigenvalue weighted by Gasteiger charge is -2.11. The molecule has 3 rings (SSSR count). The highest BCUT2D eigenvalue weighted by Crippen LogP contribution is 2.31. The van der Waals surface area contributed by atoms with E-state index in [0.717, 1.165) is 11.3 Å². The fourth-order valence-electron chi connectivity index (χ4n) is 2.27. The van der Waals surface area contributed by atoms with E-state index in [1.807, 2.05) is 31.2 Å². The molecule has 0 bridgehead atoms. The first-order chi connectivity index (χ1) is 11.6. The minimum Gasteiger partial charge on any atom is -0.270 e. The fourth-order valence-corrected chi connectivity index (χ4v) is 3.03. The summed E-state index contributed by atoms with van der Waals surface area (Å²) in [6.07, 6.45) is 0. The molecule has 0 radical (unpaired) electrons. The molecule has 1 unspecified atom stereocenters. The summed E-state index contributed by atoms with van der Waals surface area (Å²) in [7, 11) is 0. The molecule has 0 N–H and O–H groups in total. The van der Waals surface area contributed by atoms with Crippen LogP contribution in [0.1, 0.15) is 12.5 Å². The molecule has 120 valence electrons. The van der Waals surface area contributed by atoms with Gasteiger partial charge in [0.1, 0.15) is 5.82 Å². The van der Waals surface area contributed by atoms with Crippen molar-refractivity contribution in [1.82, 2.24) is 14.8 Å². The summed E-state index contributed by atoms with van der Waals surface area (Å²) in [5, 5.41) is 17.7. The van der Waals surface area contributed by atoms with E-state index >= 15 is 0 Å². The highest BCUT2D eigenvalue weighted by molar-refractivity contribution is 8.00. The van der Waals surface area contributed by atoms with Gasteiger partial charge in [-0.05, 0) is 38.1 Å². The molecule has 0 aliphatic heterocycles. The number of benzene rings is 2. The monoisotopic (exact) mass is 338 g/mol. The van der Waals surface area contributed by atoms with Gasteiger partial charge in [-0.3, -0.25) is 4.57 Å². The van der Waals surface area contributed by atoms with E-state index in [-0.39, 0.29) is 11.1 Å². The summed E-state index contributed by atoms with van der Waals surface area (Å²) >= 11 is 1.30. The van der Waals surface area contributed by atoms with Crippen molar-refractivity contribution in [2.24, 2.45) is 0 Å². The van der Waals surface area contributed by atoms with Crippen LogP contribution in [0.5, 0.6) is 0 Å². The van der Waals surface area contributed by atoms with Crippen LogP contribution in [-0.4, -0.2) is 20.0 Å². The summed E-state index contributed by atoms with van der Waals surface area (Å²) < 4.78 is 16.0. The van der Waals surface area contributed by atoms with Gasteiger partial charge < -0.3 is 0 Å². The van der Waals surface area contributed by atoms with Crippen molar-refractivity contribution in [1.29, 1.82) is 5.26 Å². The molecule has 24 heavy (non-hydrogen) atoms. The Morgan fingerprint density at radius 2 is 1.83 bits per heavy atom. The summed E-state index contributed by atoms with van der Waals surface area (Å²) in [6, 6.07) is 16.5. The van der Waals surface area contributed by atoms with Gasteiger partial charge in [0.2, 0.25) is 0 Å². The lowest BCUT2D eigenvalue weighted by molar-refractivity contribution is 0.629. The average molecular weight is 338 g/mol. The third-order valence-electron chi connectivity index (χ3n) is 3.50. The van der Waals surface area contributed by atoms with Gasteiger partial charge in [-0.15, -0.1) is 10.2 Å². The van der Waals surface area contributed by atoms with Crippen LogP contribution in [0.3, 0.4) is 0 Å². The second-order valence-electron chi connectivity index (χ2n) is 5.35. The second kappa shape index (κ2) is 6.85. The van der Waals surface area contributed by atoms with Crippen LogP contribution in [-0.2, 0) is 0 Å². The van der Waals surface area contributed by atoms with Gasteiger partial charge in [0.05, 0.1) is 16.9 Å². The number of aromatic nitrogens is 3. The Morgan fingerprint density at radius 3 is 2.50 bits per heavy atom. The van der Waals surface area contributed by atoms with E-state index in [2.05, 4.69) is 16.3 Å². The van der Waals surface area contributed by atoms with E-state index in [9.17, 15) is 4.39 Å². The fraction of sp³-hybridized carbons (Fsp3) is 0.167. The predicted octanol–water partition coefficient (Wildman–Crippen LogP) is 4.39. The van der Waals surface area contributed by atoms with Crippen molar-refractivity contribution in [2.75, 3.05) is 0 Å². The van der Waals surface area contributed by atoms with Gasteiger partial charge in [0.25, 0.3) is 0 Å². The van der Waals surface area contributed by atoms with Crippen LogP contribution in [0.4, 0.5) is 4.39 Å². The van der Waals surface area contributed by atoms with Crippen LogP contribution < -0.4 is 0 Å². The molecule has 1 atom stereocenters. The van der Waals surface area contributed by atoms with E-state index in [1.54, 1.807) is 29.7 Å². The number of nitriles is 1. The van der Waals surface area contributed by atoms with E-state index in [1.165, 1.54) is 17.8 Å². The number of rotatable bonds is 4. The third-order valence-corrected chi connectivity index (χ3v) is 4.44. The van der Waals surface area contributed by atoms with E-state index in [0.29, 0.717) is 16.5 Å². The van der Waals surface area contributed by atoms with Crippen LogP contribution in [0.2, 0.25) is 0 Å². The van der Waals surface area contributed by atoms with Crippen LogP contribution in [0, 0.1) is 24.1 Å². The van der Waals surface area contributed by atoms with Gasteiger partial charge in [-0.2, -0.15) is 5.26 Å². The molecule has 3 aromatic rings. The molecule has 0 aliphatic rings. The largest absolute Gasteiger partial charge is 0.270 e. The number of hydrogen-bond acceptors (Lipinski definition) is 4. The Labute approximate surface area is 144 Å². The van der Waals surface area contributed by atoms with Gasteiger partial charge >= 0.3 is 0 Å². The minimum absolute atomic E-state index is 0.285. The normalized spacial score (nSPS) is 11.9. The summed E-state index contributed by atoms with van der Waals surface area (Å²) in [4.78, 5) is 0. The van der Waals surface area contributed by atoms with E-state index in [4.69, 9.17) is 5.26 Å².